The van der Waals surface area contributed by atoms with Crippen LogP contribution in [-0.2, 0) is 13.5 Å². The van der Waals surface area contributed by atoms with Crippen LogP contribution in [0.25, 0.3) is 0 Å². The lowest BCUT2D eigenvalue weighted by atomic mass is 9.94. The molecule has 5 nitrogen and oxygen atoms in total. The number of nitrogens with one attached hydrogen (secondary N) is 2. The molecule has 1 aromatic rings. The second-order valence-corrected chi connectivity index (χ2v) is 3.90. The van der Waals surface area contributed by atoms with Crippen LogP contribution < -0.4 is 11.0 Å². The van der Waals surface area contributed by atoms with Gasteiger partial charge in [0.15, 0.2) is 0 Å². The Morgan fingerprint density at radius 3 is 2.79 bits per heavy atom. The number of piperidine rings is 1. The molecule has 0 bridgehead atoms. The Morgan fingerprint density at radius 1 is 1.50 bits per heavy atom. The second-order valence-electron chi connectivity index (χ2n) is 3.90. The van der Waals surface area contributed by atoms with Gasteiger partial charge in [-0.15, -0.1) is 0 Å². The van der Waals surface area contributed by atoms with Crippen LogP contribution >= 0.6 is 0 Å². The molecular weight excluding hydrogens is 180 g/mol. The predicted molar refractivity (Wildman–Crippen MR) is 53.1 cm³/mol. The maximum absolute atomic E-state index is 11.1. The van der Waals surface area contributed by atoms with Gasteiger partial charge in [-0.05, 0) is 31.8 Å². The number of aromatic nitrogens is 3. The van der Waals surface area contributed by atoms with Crippen LogP contribution in [0.1, 0.15) is 18.7 Å². The average molecular weight is 196 g/mol. The molecule has 14 heavy (non-hydrogen) atoms. The minimum Gasteiger partial charge on any atom is -0.317 e. The monoisotopic (exact) mass is 196 g/mol. The third-order valence-corrected chi connectivity index (χ3v) is 2.76. The zero-order chi connectivity index (χ0) is 9.97. The van der Waals surface area contributed by atoms with E-state index in [0.29, 0.717) is 5.92 Å². The predicted octanol–water partition coefficient (Wildman–Crippen LogP) is -0.349. The highest BCUT2D eigenvalue weighted by molar-refractivity contribution is 4.86. The van der Waals surface area contributed by atoms with E-state index in [2.05, 4.69) is 15.4 Å². The van der Waals surface area contributed by atoms with E-state index in [9.17, 15) is 4.79 Å². The van der Waals surface area contributed by atoms with E-state index < -0.39 is 0 Å². The number of aromatic amines is 1. The Kier molecular flexibility index (Phi) is 2.67. The van der Waals surface area contributed by atoms with E-state index in [1.807, 2.05) is 0 Å². The van der Waals surface area contributed by atoms with Crippen LogP contribution in [0.4, 0.5) is 0 Å². The third kappa shape index (κ3) is 2.04. The summed E-state index contributed by atoms with van der Waals surface area (Å²) in [6.07, 6.45) is 3.26. The molecule has 0 radical (unpaired) electrons. The molecule has 2 N–H and O–H groups in total. The van der Waals surface area contributed by atoms with Crippen molar-refractivity contribution in [3.8, 4) is 0 Å². The maximum atomic E-state index is 11.1. The molecule has 0 spiro atoms. The summed E-state index contributed by atoms with van der Waals surface area (Å²) >= 11 is 0. The zero-order valence-corrected chi connectivity index (χ0v) is 8.42. The maximum Gasteiger partial charge on any atom is 0.342 e. The highest BCUT2D eigenvalue weighted by Crippen LogP contribution is 2.14. The molecule has 78 valence electrons. The Labute approximate surface area is 82.5 Å². The topological polar surface area (TPSA) is 62.7 Å². The summed E-state index contributed by atoms with van der Waals surface area (Å²) in [5.41, 5.74) is -0.117. The first-order valence-electron chi connectivity index (χ1n) is 5.08. The van der Waals surface area contributed by atoms with Crippen LogP contribution in [0, 0.1) is 5.92 Å². The molecule has 0 atom stereocenters. The summed E-state index contributed by atoms with van der Waals surface area (Å²) in [6.45, 7) is 2.17. The minimum atomic E-state index is -0.117. The van der Waals surface area contributed by atoms with Crippen molar-refractivity contribution < 1.29 is 0 Å². The quantitative estimate of drug-likeness (QED) is 0.679. The Hall–Kier alpha value is -1.10. The fraction of sp³-hybridized carbons (Fsp3) is 0.778. The van der Waals surface area contributed by atoms with Gasteiger partial charge in [0.05, 0.1) is 0 Å². The first-order chi connectivity index (χ1) is 6.75. The highest BCUT2D eigenvalue weighted by Gasteiger charge is 2.15. The number of hydrogen-bond acceptors (Lipinski definition) is 3. The van der Waals surface area contributed by atoms with Crippen LogP contribution in [-0.4, -0.2) is 27.9 Å². The normalized spacial score (nSPS) is 18.6. The van der Waals surface area contributed by atoms with Crippen molar-refractivity contribution in [3.63, 3.8) is 0 Å². The van der Waals surface area contributed by atoms with Gasteiger partial charge in [0.25, 0.3) is 0 Å². The van der Waals surface area contributed by atoms with Crippen LogP contribution in [0.15, 0.2) is 4.79 Å². The van der Waals surface area contributed by atoms with Gasteiger partial charge in [-0.25, -0.2) is 9.48 Å². The molecule has 1 aliphatic heterocycles. The summed E-state index contributed by atoms with van der Waals surface area (Å²) in [7, 11) is 1.67. The lowest BCUT2D eigenvalue weighted by Gasteiger charge is -2.21. The Balaban J connectivity index is 1.99. The molecule has 0 unspecified atom stereocenters. The van der Waals surface area contributed by atoms with Gasteiger partial charge < -0.3 is 5.32 Å². The molecule has 2 rings (SSSR count). The van der Waals surface area contributed by atoms with Crippen molar-refractivity contribution in [2.45, 2.75) is 19.3 Å². The molecular formula is C9H16N4O. The van der Waals surface area contributed by atoms with Crippen LogP contribution in [0.2, 0.25) is 0 Å². The third-order valence-electron chi connectivity index (χ3n) is 2.76. The molecule has 0 amide bonds. The minimum absolute atomic E-state index is 0.117. The van der Waals surface area contributed by atoms with E-state index >= 15 is 0 Å². The van der Waals surface area contributed by atoms with Gasteiger partial charge in [0, 0.05) is 13.5 Å². The smallest absolute Gasteiger partial charge is 0.317 e. The lowest BCUT2D eigenvalue weighted by molar-refractivity contribution is 0.367. The second kappa shape index (κ2) is 3.96. The lowest BCUT2D eigenvalue weighted by Crippen LogP contribution is -2.28. The number of hydrogen-bond donors (Lipinski definition) is 2. The molecule has 1 aromatic heterocycles. The fourth-order valence-corrected chi connectivity index (χ4v) is 1.91. The molecule has 5 heteroatoms. The van der Waals surface area contributed by atoms with Gasteiger partial charge in [-0.1, -0.05) is 0 Å². The number of aryl methyl sites for hydroxylation is 1. The van der Waals surface area contributed by atoms with Gasteiger partial charge in [0.2, 0.25) is 0 Å². The summed E-state index contributed by atoms with van der Waals surface area (Å²) in [4.78, 5) is 13.9. The molecule has 0 saturated carbocycles. The van der Waals surface area contributed by atoms with Crippen molar-refractivity contribution in [1.82, 2.24) is 20.1 Å². The largest absolute Gasteiger partial charge is 0.342 e. The van der Waals surface area contributed by atoms with Crippen molar-refractivity contribution in [1.29, 1.82) is 0 Å². The van der Waals surface area contributed by atoms with Crippen molar-refractivity contribution >= 4 is 0 Å². The summed E-state index contributed by atoms with van der Waals surface area (Å²) in [5.74, 6) is 1.49. The van der Waals surface area contributed by atoms with Gasteiger partial charge in [0.1, 0.15) is 5.82 Å². The fourth-order valence-electron chi connectivity index (χ4n) is 1.91. The average Bonchev–Trinajstić information content (AvgIpc) is 2.47. The first-order valence-corrected chi connectivity index (χ1v) is 5.08. The highest BCUT2D eigenvalue weighted by atomic mass is 16.1. The summed E-state index contributed by atoms with van der Waals surface area (Å²) in [6, 6.07) is 0. The van der Waals surface area contributed by atoms with Crippen LogP contribution in [0.5, 0.6) is 0 Å². The van der Waals surface area contributed by atoms with Crippen molar-refractivity contribution in [3.05, 3.63) is 16.3 Å². The number of H-pyrrole nitrogens is 1. The van der Waals surface area contributed by atoms with E-state index in [1.165, 1.54) is 17.5 Å². The SMILES string of the molecule is Cn1nc(CC2CCNCC2)[nH]c1=O. The summed E-state index contributed by atoms with van der Waals surface area (Å²) in [5, 5.41) is 7.45. The van der Waals surface area contributed by atoms with E-state index in [4.69, 9.17) is 0 Å². The van der Waals surface area contributed by atoms with Gasteiger partial charge in [-0.2, -0.15) is 5.10 Å². The van der Waals surface area contributed by atoms with Crippen molar-refractivity contribution in [2.24, 2.45) is 13.0 Å². The molecule has 2 heterocycles. The Bertz CT molecular complexity index is 348. The summed E-state index contributed by atoms with van der Waals surface area (Å²) < 4.78 is 1.36. The van der Waals surface area contributed by atoms with E-state index in [-0.39, 0.29) is 5.69 Å². The molecule has 1 aliphatic rings. The number of nitrogens with zero attached hydrogens (tertiary/aromatic N) is 2. The molecule has 0 aliphatic carbocycles. The first kappa shape index (κ1) is 9.45. The van der Waals surface area contributed by atoms with Gasteiger partial charge >= 0.3 is 5.69 Å². The molecule has 0 aromatic carbocycles. The van der Waals surface area contributed by atoms with Gasteiger partial charge in [-0.3, -0.25) is 4.98 Å². The standard InChI is InChI=1S/C9H16N4O/c1-13-9(14)11-8(12-13)6-7-2-4-10-5-3-7/h7,10H,2-6H2,1H3,(H,11,12,14). The number of rotatable bonds is 2. The molecule has 1 fully saturated rings. The van der Waals surface area contributed by atoms with Crippen molar-refractivity contribution in [2.75, 3.05) is 13.1 Å². The van der Waals surface area contributed by atoms with E-state index in [0.717, 1.165) is 25.3 Å². The Morgan fingerprint density at radius 2 is 2.21 bits per heavy atom. The van der Waals surface area contributed by atoms with Crippen LogP contribution in [0.3, 0.4) is 0 Å². The van der Waals surface area contributed by atoms with E-state index in [1.54, 1.807) is 7.05 Å². The molecule has 1 saturated heterocycles. The zero-order valence-electron chi connectivity index (χ0n) is 8.42.